The van der Waals surface area contributed by atoms with Gasteiger partial charge in [-0.3, -0.25) is 9.63 Å². The summed E-state index contributed by atoms with van der Waals surface area (Å²) >= 11 is 0. The van der Waals surface area contributed by atoms with Gasteiger partial charge < -0.3 is 4.90 Å². The topological polar surface area (TPSA) is 32.8 Å². The first-order valence-electron chi connectivity index (χ1n) is 6.13. The monoisotopic (exact) mass is 248 g/mol. The zero-order valence-corrected chi connectivity index (χ0v) is 11.4. The van der Waals surface area contributed by atoms with E-state index in [1.54, 1.807) is 7.05 Å². The van der Waals surface area contributed by atoms with E-state index in [-0.39, 0.29) is 11.8 Å². The first kappa shape index (κ1) is 12.9. The van der Waals surface area contributed by atoms with Crippen molar-refractivity contribution in [2.45, 2.75) is 12.3 Å². The van der Waals surface area contributed by atoms with Crippen molar-refractivity contribution < 1.29 is 9.63 Å². The molecule has 0 radical (unpaired) electrons. The second-order valence-corrected chi connectivity index (χ2v) is 4.95. The normalized spacial score (nSPS) is 21.6. The lowest BCUT2D eigenvalue weighted by Crippen LogP contribution is -2.27. The Labute approximate surface area is 108 Å². The van der Waals surface area contributed by atoms with E-state index < -0.39 is 0 Å². The van der Waals surface area contributed by atoms with Crippen LogP contribution in [0.1, 0.15) is 17.9 Å². The van der Waals surface area contributed by atoms with E-state index in [1.807, 2.05) is 14.1 Å². The third-order valence-electron chi connectivity index (χ3n) is 3.53. The Morgan fingerprint density at radius 3 is 2.33 bits per heavy atom. The van der Waals surface area contributed by atoms with Gasteiger partial charge in [0, 0.05) is 32.7 Å². The molecule has 1 amide bonds. The molecule has 4 heteroatoms. The van der Waals surface area contributed by atoms with Gasteiger partial charge in [0.05, 0.1) is 7.11 Å². The minimum atomic E-state index is 0.0687. The number of hydroxylamine groups is 2. The fourth-order valence-electron chi connectivity index (χ4n) is 2.18. The summed E-state index contributed by atoms with van der Waals surface area (Å²) in [6, 6.07) is 8.41. The molecule has 0 aliphatic heterocycles. The van der Waals surface area contributed by atoms with Crippen LogP contribution in [0.3, 0.4) is 0 Å². The third kappa shape index (κ3) is 2.48. The Morgan fingerprint density at radius 2 is 1.83 bits per heavy atom. The lowest BCUT2D eigenvalue weighted by Gasteiger charge is -2.14. The van der Waals surface area contributed by atoms with Gasteiger partial charge in [0.1, 0.15) is 0 Å². The summed E-state index contributed by atoms with van der Waals surface area (Å²) in [5.41, 5.74) is 2.42. The summed E-state index contributed by atoms with van der Waals surface area (Å²) in [6.07, 6.45) is 0.924. The molecule has 1 aliphatic rings. The van der Waals surface area contributed by atoms with Gasteiger partial charge in [0.25, 0.3) is 0 Å². The van der Waals surface area contributed by atoms with Gasteiger partial charge in [-0.15, -0.1) is 0 Å². The summed E-state index contributed by atoms with van der Waals surface area (Å²) in [6.45, 7) is 0. The maximum Gasteiger partial charge on any atom is 0.249 e. The summed E-state index contributed by atoms with van der Waals surface area (Å²) < 4.78 is 0. The molecule has 0 bridgehead atoms. The molecule has 0 N–H and O–H groups in total. The molecule has 0 saturated heterocycles. The average Bonchev–Trinajstić information content (AvgIpc) is 3.17. The van der Waals surface area contributed by atoms with Crippen LogP contribution in [0.5, 0.6) is 0 Å². The Morgan fingerprint density at radius 1 is 1.22 bits per heavy atom. The van der Waals surface area contributed by atoms with Crippen LogP contribution in [0.15, 0.2) is 24.3 Å². The molecule has 98 valence electrons. The minimum absolute atomic E-state index is 0.0687. The van der Waals surface area contributed by atoms with Crippen LogP contribution in [-0.4, -0.2) is 39.2 Å². The molecule has 2 atom stereocenters. The fourth-order valence-corrected chi connectivity index (χ4v) is 2.18. The van der Waals surface area contributed by atoms with E-state index in [1.165, 1.54) is 23.4 Å². The third-order valence-corrected chi connectivity index (χ3v) is 3.53. The molecule has 2 rings (SSSR count). The highest BCUT2D eigenvalue weighted by Gasteiger charge is 2.45. The van der Waals surface area contributed by atoms with Crippen LogP contribution in [0.2, 0.25) is 0 Å². The van der Waals surface area contributed by atoms with E-state index in [4.69, 9.17) is 4.84 Å². The van der Waals surface area contributed by atoms with Crippen molar-refractivity contribution in [3.8, 4) is 0 Å². The number of anilines is 1. The Kier molecular flexibility index (Phi) is 3.57. The zero-order chi connectivity index (χ0) is 13.3. The first-order valence-corrected chi connectivity index (χ1v) is 6.13. The van der Waals surface area contributed by atoms with Crippen LogP contribution in [0.25, 0.3) is 0 Å². The molecule has 1 aromatic carbocycles. The standard InChI is InChI=1S/C14H20N2O2/c1-15(2)11-7-5-10(6-8-11)12-9-13(12)14(17)16(3)18-4/h5-8,12-13H,9H2,1-4H3. The van der Waals surface area contributed by atoms with Crippen molar-refractivity contribution in [1.82, 2.24) is 5.06 Å². The van der Waals surface area contributed by atoms with Crippen LogP contribution < -0.4 is 4.90 Å². The second-order valence-electron chi connectivity index (χ2n) is 4.95. The largest absolute Gasteiger partial charge is 0.378 e. The van der Waals surface area contributed by atoms with Crippen molar-refractivity contribution >= 4 is 11.6 Å². The van der Waals surface area contributed by atoms with Crippen molar-refractivity contribution in [3.05, 3.63) is 29.8 Å². The summed E-state index contributed by atoms with van der Waals surface area (Å²) in [5.74, 6) is 0.505. The number of nitrogens with zero attached hydrogens (tertiary/aromatic N) is 2. The van der Waals surface area contributed by atoms with Crippen molar-refractivity contribution in [2.75, 3.05) is 33.2 Å². The predicted octanol–water partition coefficient (Wildman–Crippen LogP) is 1.88. The molecule has 4 nitrogen and oxygen atoms in total. The molecule has 18 heavy (non-hydrogen) atoms. The SMILES string of the molecule is CON(C)C(=O)C1CC1c1ccc(N(C)C)cc1. The van der Waals surface area contributed by atoms with E-state index in [0.717, 1.165) is 6.42 Å². The smallest absolute Gasteiger partial charge is 0.249 e. The molecule has 1 saturated carbocycles. The summed E-state index contributed by atoms with van der Waals surface area (Å²) in [5, 5.41) is 1.32. The number of amides is 1. The average molecular weight is 248 g/mol. The highest BCUT2D eigenvalue weighted by Crippen LogP contribution is 2.48. The van der Waals surface area contributed by atoms with E-state index in [0.29, 0.717) is 5.92 Å². The van der Waals surface area contributed by atoms with Gasteiger partial charge in [-0.2, -0.15) is 0 Å². The van der Waals surface area contributed by atoms with Crippen molar-refractivity contribution in [3.63, 3.8) is 0 Å². The number of carbonyl (C=O) groups is 1. The van der Waals surface area contributed by atoms with Crippen LogP contribution >= 0.6 is 0 Å². The maximum absolute atomic E-state index is 11.9. The quantitative estimate of drug-likeness (QED) is 0.763. The summed E-state index contributed by atoms with van der Waals surface area (Å²) in [7, 11) is 7.21. The highest BCUT2D eigenvalue weighted by atomic mass is 16.7. The van der Waals surface area contributed by atoms with E-state index >= 15 is 0 Å². The Bertz CT molecular complexity index is 428. The second kappa shape index (κ2) is 4.98. The Hall–Kier alpha value is -1.55. The van der Waals surface area contributed by atoms with Crippen LogP contribution in [-0.2, 0) is 9.63 Å². The molecule has 2 unspecified atom stereocenters. The van der Waals surface area contributed by atoms with Gasteiger partial charge in [-0.1, -0.05) is 12.1 Å². The molecule has 0 heterocycles. The Balaban J connectivity index is 2.01. The predicted molar refractivity (Wildman–Crippen MR) is 71.4 cm³/mol. The molecule has 1 fully saturated rings. The lowest BCUT2D eigenvalue weighted by atomic mass is 10.1. The lowest BCUT2D eigenvalue weighted by molar-refractivity contribution is -0.170. The van der Waals surface area contributed by atoms with Gasteiger partial charge in [0.15, 0.2) is 0 Å². The summed E-state index contributed by atoms with van der Waals surface area (Å²) in [4.78, 5) is 18.9. The number of rotatable bonds is 4. The maximum atomic E-state index is 11.9. The van der Waals surface area contributed by atoms with Gasteiger partial charge in [-0.05, 0) is 30.0 Å². The fraction of sp³-hybridized carbons (Fsp3) is 0.500. The first-order chi connectivity index (χ1) is 8.54. The van der Waals surface area contributed by atoms with Gasteiger partial charge in [-0.25, -0.2) is 5.06 Å². The van der Waals surface area contributed by atoms with Gasteiger partial charge >= 0.3 is 0 Å². The van der Waals surface area contributed by atoms with Crippen molar-refractivity contribution in [2.24, 2.45) is 5.92 Å². The molecular weight excluding hydrogens is 228 g/mol. The van der Waals surface area contributed by atoms with Crippen LogP contribution in [0, 0.1) is 5.92 Å². The van der Waals surface area contributed by atoms with E-state index in [9.17, 15) is 4.79 Å². The zero-order valence-electron chi connectivity index (χ0n) is 11.4. The molecular formula is C14H20N2O2. The molecule has 1 aliphatic carbocycles. The van der Waals surface area contributed by atoms with Crippen LogP contribution in [0.4, 0.5) is 5.69 Å². The molecule has 1 aromatic rings. The number of benzene rings is 1. The van der Waals surface area contributed by atoms with Crippen molar-refractivity contribution in [1.29, 1.82) is 0 Å². The van der Waals surface area contributed by atoms with E-state index in [2.05, 4.69) is 29.2 Å². The number of hydrogen-bond acceptors (Lipinski definition) is 3. The highest BCUT2D eigenvalue weighted by molar-refractivity contribution is 5.82. The minimum Gasteiger partial charge on any atom is -0.378 e. The number of carbonyl (C=O) groups excluding carboxylic acids is 1. The number of hydrogen-bond donors (Lipinski definition) is 0. The molecule has 0 aromatic heterocycles. The molecule has 0 spiro atoms. The van der Waals surface area contributed by atoms with Gasteiger partial charge in [0.2, 0.25) is 5.91 Å².